The molecule has 0 aromatic heterocycles. The number of guanidine groups is 1. The van der Waals surface area contributed by atoms with Gasteiger partial charge >= 0.3 is 0 Å². The number of nitrogens with two attached hydrogens (primary N) is 1. The smallest absolute Gasteiger partial charge is 0.221 e. The van der Waals surface area contributed by atoms with Gasteiger partial charge < -0.3 is 10.6 Å². The van der Waals surface area contributed by atoms with Crippen molar-refractivity contribution in [2.45, 2.75) is 19.8 Å². The fourth-order valence-corrected chi connectivity index (χ4v) is 2.74. The molecule has 0 aliphatic rings. The molecular weight excluding hydrogens is 280 g/mol. The quantitative estimate of drug-likeness (QED) is 0.298. The molecule has 2 rings (SSSR count). The predicted octanol–water partition coefficient (Wildman–Crippen LogP) is 3.59. The summed E-state index contributed by atoms with van der Waals surface area (Å²) in [5.41, 5.74) is 8.23. The Kier molecular flexibility index (Phi) is 4.85. The van der Waals surface area contributed by atoms with E-state index in [1.165, 1.54) is 10.9 Å². The third-order valence-electron chi connectivity index (χ3n) is 3.44. The topological polar surface area (TPSA) is 54.0 Å². The number of thiol groups is 1. The molecular formula is C16H20N4S. The van der Waals surface area contributed by atoms with Crippen molar-refractivity contribution in [1.29, 1.82) is 0 Å². The second-order valence-corrected chi connectivity index (χ2v) is 5.33. The van der Waals surface area contributed by atoms with Gasteiger partial charge in [-0.2, -0.15) is 17.7 Å². The van der Waals surface area contributed by atoms with Crippen molar-refractivity contribution < 1.29 is 0 Å². The van der Waals surface area contributed by atoms with Gasteiger partial charge in [-0.3, -0.25) is 0 Å². The molecule has 0 spiro atoms. The third kappa shape index (κ3) is 3.03. The van der Waals surface area contributed by atoms with Crippen molar-refractivity contribution in [3.8, 4) is 0 Å². The van der Waals surface area contributed by atoms with E-state index < -0.39 is 0 Å². The summed E-state index contributed by atoms with van der Waals surface area (Å²) < 4.78 is 0. The second-order valence-electron chi connectivity index (χ2n) is 5.04. The number of hydrogen-bond donors (Lipinski definition) is 2. The minimum atomic E-state index is 0.280. The Balaban J connectivity index is 2.68. The van der Waals surface area contributed by atoms with Gasteiger partial charge in [-0.1, -0.05) is 44.2 Å². The lowest BCUT2D eigenvalue weighted by molar-refractivity contribution is 0.876. The highest BCUT2D eigenvalue weighted by Crippen LogP contribution is 2.33. The van der Waals surface area contributed by atoms with E-state index in [2.05, 4.69) is 67.7 Å². The summed E-state index contributed by atoms with van der Waals surface area (Å²) >= 11 is 4.35. The van der Waals surface area contributed by atoms with Gasteiger partial charge in [0.1, 0.15) is 0 Å². The van der Waals surface area contributed by atoms with Crippen LogP contribution in [0.15, 0.2) is 46.6 Å². The zero-order valence-electron chi connectivity index (χ0n) is 12.3. The molecule has 110 valence electrons. The molecule has 0 unspecified atom stereocenters. The molecule has 0 fully saturated rings. The van der Waals surface area contributed by atoms with E-state index in [1.807, 2.05) is 17.0 Å². The normalized spacial score (nSPS) is 11.9. The minimum absolute atomic E-state index is 0.280. The Morgan fingerprint density at radius 2 is 1.90 bits per heavy atom. The molecule has 0 amide bonds. The fraction of sp³-hybridized carbons (Fsp3) is 0.250. The van der Waals surface area contributed by atoms with Crippen molar-refractivity contribution in [2.75, 3.05) is 10.8 Å². The SMILES string of the molecule is C=N/N=C(/N)N(CS)c1ccc(C(C)C)c2ccccc12. The minimum Gasteiger partial charge on any atom is -0.368 e. The van der Waals surface area contributed by atoms with Gasteiger partial charge in [0.05, 0.1) is 11.6 Å². The number of benzene rings is 2. The summed E-state index contributed by atoms with van der Waals surface area (Å²) in [6, 6.07) is 12.5. The van der Waals surface area contributed by atoms with Gasteiger partial charge in [-0.25, -0.2) is 0 Å². The first-order valence-corrected chi connectivity index (χ1v) is 7.42. The average Bonchev–Trinajstić information content (AvgIpc) is 2.48. The molecule has 2 aromatic rings. The Morgan fingerprint density at radius 1 is 1.24 bits per heavy atom. The lowest BCUT2D eigenvalue weighted by Crippen LogP contribution is -2.36. The van der Waals surface area contributed by atoms with Crippen LogP contribution in [0.4, 0.5) is 5.69 Å². The first-order chi connectivity index (χ1) is 10.1. The van der Waals surface area contributed by atoms with Gasteiger partial charge in [-0.05, 0) is 22.9 Å². The Labute approximate surface area is 130 Å². The zero-order chi connectivity index (χ0) is 15.4. The Hall–Kier alpha value is -2.01. The highest BCUT2D eigenvalue weighted by Gasteiger charge is 2.15. The van der Waals surface area contributed by atoms with E-state index in [4.69, 9.17) is 5.73 Å². The molecule has 0 heterocycles. The fourth-order valence-electron chi connectivity index (χ4n) is 2.44. The summed E-state index contributed by atoms with van der Waals surface area (Å²) in [5.74, 6) is 1.15. The Morgan fingerprint density at radius 3 is 2.48 bits per heavy atom. The molecule has 21 heavy (non-hydrogen) atoms. The Bertz CT molecular complexity index is 679. The van der Waals surface area contributed by atoms with Crippen LogP contribution in [-0.4, -0.2) is 18.6 Å². The number of nitrogens with zero attached hydrogens (tertiary/aromatic N) is 3. The molecule has 0 saturated heterocycles. The zero-order valence-corrected chi connectivity index (χ0v) is 13.2. The van der Waals surface area contributed by atoms with Crippen LogP contribution in [0, 0.1) is 0 Å². The molecule has 0 bridgehead atoms. The lowest BCUT2D eigenvalue weighted by Gasteiger charge is -2.23. The molecule has 0 aliphatic heterocycles. The monoisotopic (exact) mass is 300 g/mol. The largest absolute Gasteiger partial charge is 0.368 e. The van der Waals surface area contributed by atoms with Crippen LogP contribution in [0.2, 0.25) is 0 Å². The molecule has 2 aromatic carbocycles. The van der Waals surface area contributed by atoms with Gasteiger partial charge in [0.15, 0.2) is 0 Å². The highest BCUT2D eigenvalue weighted by molar-refractivity contribution is 7.80. The van der Waals surface area contributed by atoms with E-state index in [0.29, 0.717) is 11.8 Å². The summed E-state index contributed by atoms with van der Waals surface area (Å²) in [5, 5.41) is 9.66. The van der Waals surface area contributed by atoms with Crippen LogP contribution in [-0.2, 0) is 0 Å². The van der Waals surface area contributed by atoms with E-state index in [9.17, 15) is 0 Å². The number of anilines is 1. The maximum absolute atomic E-state index is 5.95. The maximum Gasteiger partial charge on any atom is 0.221 e. The van der Waals surface area contributed by atoms with E-state index in [-0.39, 0.29) is 5.96 Å². The molecule has 0 aliphatic carbocycles. The van der Waals surface area contributed by atoms with Crippen LogP contribution in [0.25, 0.3) is 10.8 Å². The third-order valence-corrected chi connectivity index (χ3v) is 3.72. The molecule has 2 N–H and O–H groups in total. The molecule has 4 nitrogen and oxygen atoms in total. The molecule has 0 radical (unpaired) electrons. The number of fused-ring (bicyclic) bond motifs is 1. The predicted molar refractivity (Wildman–Crippen MR) is 95.5 cm³/mol. The van der Waals surface area contributed by atoms with E-state index in [0.717, 1.165) is 11.1 Å². The van der Waals surface area contributed by atoms with Crippen LogP contribution < -0.4 is 10.6 Å². The van der Waals surface area contributed by atoms with Crippen LogP contribution in [0.3, 0.4) is 0 Å². The molecule has 0 atom stereocenters. The van der Waals surface area contributed by atoms with Gasteiger partial charge in [0, 0.05) is 12.1 Å². The van der Waals surface area contributed by atoms with Gasteiger partial charge in [0.2, 0.25) is 5.96 Å². The maximum atomic E-state index is 5.95. The first kappa shape index (κ1) is 15.4. The molecule has 5 heteroatoms. The van der Waals surface area contributed by atoms with Crippen LogP contribution in [0.1, 0.15) is 25.3 Å². The number of hydrogen-bond acceptors (Lipinski definition) is 3. The van der Waals surface area contributed by atoms with Crippen molar-refractivity contribution in [1.82, 2.24) is 0 Å². The summed E-state index contributed by atoms with van der Waals surface area (Å²) in [6.07, 6.45) is 0. The van der Waals surface area contributed by atoms with E-state index >= 15 is 0 Å². The summed E-state index contributed by atoms with van der Waals surface area (Å²) in [6.45, 7) is 7.72. The van der Waals surface area contributed by atoms with Crippen LogP contribution >= 0.6 is 12.6 Å². The summed E-state index contributed by atoms with van der Waals surface area (Å²) in [4.78, 5) is 1.81. The second kappa shape index (κ2) is 6.63. The van der Waals surface area contributed by atoms with E-state index in [1.54, 1.807) is 0 Å². The number of rotatable bonds is 4. The first-order valence-electron chi connectivity index (χ1n) is 6.79. The standard InChI is InChI=1S/C16H20N4S/c1-11(2)12-8-9-15(14-7-5-4-6-13(12)14)20(10-21)16(17)19-18-3/h4-9,11,21H,3,10H2,1-2H3,(H2,17,19). The van der Waals surface area contributed by atoms with Gasteiger partial charge in [0.25, 0.3) is 0 Å². The van der Waals surface area contributed by atoms with Crippen molar-refractivity contribution >= 4 is 41.8 Å². The van der Waals surface area contributed by atoms with Crippen LogP contribution in [0.5, 0.6) is 0 Å². The van der Waals surface area contributed by atoms with Crippen molar-refractivity contribution in [2.24, 2.45) is 15.9 Å². The van der Waals surface area contributed by atoms with Crippen molar-refractivity contribution in [3.05, 3.63) is 42.0 Å². The molecule has 0 saturated carbocycles. The van der Waals surface area contributed by atoms with Gasteiger partial charge in [-0.15, -0.1) is 5.10 Å². The van der Waals surface area contributed by atoms with Crippen molar-refractivity contribution in [3.63, 3.8) is 0 Å². The highest BCUT2D eigenvalue weighted by atomic mass is 32.1. The lowest BCUT2D eigenvalue weighted by atomic mass is 9.95. The average molecular weight is 300 g/mol. The summed E-state index contributed by atoms with van der Waals surface area (Å²) in [7, 11) is 0.